The lowest BCUT2D eigenvalue weighted by molar-refractivity contribution is -0.116. The SMILES string of the molecule is CCNC(=O)c1ccc(C)c(NC(=O)CC2C=CCC2)c1. The van der Waals surface area contributed by atoms with E-state index in [-0.39, 0.29) is 11.8 Å². The van der Waals surface area contributed by atoms with Crippen LogP contribution in [0.2, 0.25) is 0 Å². The van der Waals surface area contributed by atoms with Gasteiger partial charge in [-0.05, 0) is 50.3 Å². The molecular formula is C17H22N2O2. The van der Waals surface area contributed by atoms with E-state index < -0.39 is 0 Å². The highest BCUT2D eigenvalue weighted by atomic mass is 16.2. The highest BCUT2D eigenvalue weighted by Crippen LogP contribution is 2.22. The maximum absolute atomic E-state index is 12.1. The van der Waals surface area contributed by atoms with Gasteiger partial charge in [-0.2, -0.15) is 0 Å². The van der Waals surface area contributed by atoms with Crippen molar-refractivity contribution in [2.24, 2.45) is 5.92 Å². The molecule has 1 aliphatic carbocycles. The minimum Gasteiger partial charge on any atom is -0.352 e. The van der Waals surface area contributed by atoms with E-state index in [1.54, 1.807) is 12.1 Å². The maximum Gasteiger partial charge on any atom is 0.251 e. The highest BCUT2D eigenvalue weighted by Gasteiger charge is 2.15. The van der Waals surface area contributed by atoms with Crippen LogP contribution < -0.4 is 10.6 Å². The zero-order valence-electron chi connectivity index (χ0n) is 12.6. The molecule has 4 nitrogen and oxygen atoms in total. The Hall–Kier alpha value is -2.10. The molecule has 2 amide bonds. The summed E-state index contributed by atoms with van der Waals surface area (Å²) >= 11 is 0. The Labute approximate surface area is 125 Å². The summed E-state index contributed by atoms with van der Waals surface area (Å²) < 4.78 is 0. The normalized spacial score (nSPS) is 16.8. The zero-order chi connectivity index (χ0) is 15.2. The van der Waals surface area contributed by atoms with E-state index in [0.29, 0.717) is 30.1 Å². The molecule has 1 aromatic carbocycles. The number of carbonyl (C=O) groups excluding carboxylic acids is 2. The minimum absolute atomic E-state index is 0.00250. The molecule has 0 saturated heterocycles. The van der Waals surface area contributed by atoms with Crippen LogP contribution in [0.5, 0.6) is 0 Å². The van der Waals surface area contributed by atoms with Gasteiger partial charge in [-0.15, -0.1) is 0 Å². The summed E-state index contributed by atoms with van der Waals surface area (Å²) in [6, 6.07) is 5.37. The van der Waals surface area contributed by atoms with E-state index in [2.05, 4.69) is 22.8 Å². The summed E-state index contributed by atoms with van der Waals surface area (Å²) in [7, 11) is 0. The van der Waals surface area contributed by atoms with Gasteiger partial charge in [0.15, 0.2) is 0 Å². The number of rotatable bonds is 5. The van der Waals surface area contributed by atoms with Crippen LogP contribution in [-0.2, 0) is 4.79 Å². The van der Waals surface area contributed by atoms with Gasteiger partial charge in [-0.3, -0.25) is 9.59 Å². The van der Waals surface area contributed by atoms with E-state index in [9.17, 15) is 9.59 Å². The Morgan fingerprint density at radius 2 is 2.14 bits per heavy atom. The molecule has 0 fully saturated rings. The number of nitrogens with one attached hydrogen (secondary N) is 2. The van der Waals surface area contributed by atoms with Gasteiger partial charge in [0.2, 0.25) is 5.91 Å². The van der Waals surface area contributed by atoms with E-state index >= 15 is 0 Å². The van der Waals surface area contributed by atoms with Crippen LogP contribution in [0, 0.1) is 12.8 Å². The van der Waals surface area contributed by atoms with E-state index in [1.807, 2.05) is 19.9 Å². The van der Waals surface area contributed by atoms with Crippen molar-refractivity contribution in [1.82, 2.24) is 5.32 Å². The van der Waals surface area contributed by atoms with Crippen LogP contribution >= 0.6 is 0 Å². The lowest BCUT2D eigenvalue weighted by atomic mass is 10.0. The number of hydrogen-bond donors (Lipinski definition) is 2. The van der Waals surface area contributed by atoms with Crippen molar-refractivity contribution in [3.8, 4) is 0 Å². The topological polar surface area (TPSA) is 58.2 Å². The summed E-state index contributed by atoms with van der Waals surface area (Å²) in [6.45, 7) is 4.39. The average Bonchev–Trinajstić information content (AvgIpc) is 2.94. The summed E-state index contributed by atoms with van der Waals surface area (Å²) in [6.07, 6.45) is 6.84. The molecule has 112 valence electrons. The first-order chi connectivity index (χ1) is 10.1. The van der Waals surface area contributed by atoms with Crippen molar-refractivity contribution < 1.29 is 9.59 Å². The molecule has 1 aliphatic rings. The molecule has 0 bridgehead atoms. The van der Waals surface area contributed by atoms with E-state index in [0.717, 1.165) is 18.4 Å². The van der Waals surface area contributed by atoms with Gasteiger partial charge in [0.1, 0.15) is 0 Å². The predicted octanol–water partition coefficient (Wildman–Crippen LogP) is 3.04. The first kappa shape index (κ1) is 15.3. The van der Waals surface area contributed by atoms with Crippen molar-refractivity contribution in [2.75, 3.05) is 11.9 Å². The molecule has 2 rings (SSSR count). The number of amides is 2. The molecular weight excluding hydrogens is 264 g/mol. The van der Waals surface area contributed by atoms with Crippen molar-refractivity contribution in [2.45, 2.75) is 33.1 Å². The number of hydrogen-bond acceptors (Lipinski definition) is 2. The van der Waals surface area contributed by atoms with Crippen molar-refractivity contribution in [3.63, 3.8) is 0 Å². The van der Waals surface area contributed by atoms with Gasteiger partial charge in [0, 0.05) is 24.2 Å². The third-order valence-electron chi connectivity index (χ3n) is 3.67. The number of benzene rings is 1. The van der Waals surface area contributed by atoms with Crippen molar-refractivity contribution in [1.29, 1.82) is 0 Å². The fraction of sp³-hybridized carbons (Fsp3) is 0.412. The van der Waals surface area contributed by atoms with Gasteiger partial charge in [0.25, 0.3) is 5.91 Å². The number of allylic oxidation sites excluding steroid dienone is 2. The first-order valence-electron chi connectivity index (χ1n) is 7.45. The molecule has 1 aromatic rings. The Morgan fingerprint density at radius 1 is 1.33 bits per heavy atom. The summed E-state index contributed by atoms with van der Waals surface area (Å²) in [4.78, 5) is 23.9. The second-order valence-corrected chi connectivity index (χ2v) is 5.41. The van der Waals surface area contributed by atoms with Crippen LogP contribution in [0.1, 0.15) is 42.1 Å². The summed E-state index contributed by atoms with van der Waals surface area (Å²) in [5, 5.41) is 5.68. The molecule has 0 radical (unpaired) electrons. The first-order valence-corrected chi connectivity index (χ1v) is 7.45. The Balaban J connectivity index is 2.04. The standard InChI is InChI=1S/C17H22N2O2/c1-3-18-17(21)14-9-8-12(2)15(11-14)19-16(20)10-13-6-4-5-7-13/h4,6,8-9,11,13H,3,5,7,10H2,1-2H3,(H,18,21)(H,19,20). The van der Waals surface area contributed by atoms with Gasteiger partial charge < -0.3 is 10.6 Å². The molecule has 0 spiro atoms. The lowest BCUT2D eigenvalue weighted by Gasteiger charge is -2.12. The zero-order valence-corrected chi connectivity index (χ0v) is 12.6. The van der Waals surface area contributed by atoms with Gasteiger partial charge in [0.05, 0.1) is 0 Å². The average molecular weight is 286 g/mol. The van der Waals surface area contributed by atoms with E-state index in [1.165, 1.54) is 0 Å². The number of anilines is 1. The van der Waals surface area contributed by atoms with Crippen LogP contribution in [0.4, 0.5) is 5.69 Å². The van der Waals surface area contributed by atoms with E-state index in [4.69, 9.17) is 0 Å². The Kier molecular flexibility index (Phi) is 5.14. The molecule has 0 heterocycles. The quantitative estimate of drug-likeness (QED) is 0.817. The smallest absolute Gasteiger partial charge is 0.251 e. The van der Waals surface area contributed by atoms with Crippen LogP contribution in [0.3, 0.4) is 0 Å². The monoisotopic (exact) mass is 286 g/mol. The molecule has 0 aliphatic heterocycles. The second-order valence-electron chi connectivity index (χ2n) is 5.41. The van der Waals surface area contributed by atoms with Gasteiger partial charge in [-0.1, -0.05) is 18.2 Å². The molecule has 21 heavy (non-hydrogen) atoms. The molecule has 1 unspecified atom stereocenters. The molecule has 4 heteroatoms. The maximum atomic E-state index is 12.1. The van der Waals surface area contributed by atoms with Crippen LogP contribution in [0.15, 0.2) is 30.4 Å². The van der Waals surface area contributed by atoms with Crippen LogP contribution in [-0.4, -0.2) is 18.4 Å². The number of aryl methyl sites for hydroxylation is 1. The third-order valence-corrected chi connectivity index (χ3v) is 3.67. The Bertz CT molecular complexity index is 564. The largest absolute Gasteiger partial charge is 0.352 e. The van der Waals surface area contributed by atoms with Crippen molar-refractivity contribution >= 4 is 17.5 Å². The fourth-order valence-corrected chi connectivity index (χ4v) is 2.47. The van der Waals surface area contributed by atoms with Crippen LogP contribution in [0.25, 0.3) is 0 Å². The molecule has 0 aromatic heterocycles. The minimum atomic E-state index is -0.119. The predicted molar refractivity (Wildman–Crippen MR) is 84.3 cm³/mol. The molecule has 0 saturated carbocycles. The summed E-state index contributed by atoms with van der Waals surface area (Å²) in [5.41, 5.74) is 2.24. The lowest BCUT2D eigenvalue weighted by Crippen LogP contribution is -2.23. The molecule has 1 atom stereocenters. The fourth-order valence-electron chi connectivity index (χ4n) is 2.47. The van der Waals surface area contributed by atoms with Gasteiger partial charge in [-0.25, -0.2) is 0 Å². The Morgan fingerprint density at radius 3 is 2.81 bits per heavy atom. The molecule has 2 N–H and O–H groups in total. The third kappa shape index (κ3) is 4.18. The van der Waals surface area contributed by atoms with Crippen molar-refractivity contribution in [3.05, 3.63) is 41.5 Å². The second kappa shape index (κ2) is 7.07. The number of carbonyl (C=O) groups is 2. The van der Waals surface area contributed by atoms with Gasteiger partial charge >= 0.3 is 0 Å². The highest BCUT2D eigenvalue weighted by molar-refractivity contribution is 5.97. The summed E-state index contributed by atoms with van der Waals surface area (Å²) in [5.74, 6) is 0.228.